The number of halogens is 2. The Morgan fingerprint density at radius 3 is 2.56 bits per heavy atom. The lowest BCUT2D eigenvalue weighted by atomic mass is 10.2. The molecule has 1 aromatic rings. The van der Waals surface area contributed by atoms with Crippen LogP contribution in [0, 0.1) is 22.7 Å². The number of ether oxygens (including phenoxy) is 1. The van der Waals surface area contributed by atoms with Gasteiger partial charge in [-0.3, -0.25) is 0 Å². The molecule has 0 bridgehead atoms. The summed E-state index contributed by atoms with van der Waals surface area (Å²) in [5.41, 5.74) is 0.641. The number of benzene rings is 1. The monoisotopic (exact) mass is 252 g/mol. The Morgan fingerprint density at radius 1 is 1.31 bits per heavy atom. The van der Waals surface area contributed by atoms with Crippen LogP contribution in [-0.2, 0) is 11.3 Å². The van der Waals surface area contributed by atoms with Crippen LogP contribution in [0.1, 0.15) is 5.56 Å². The number of allylic oxidation sites excluding steroid dienone is 1. The van der Waals surface area contributed by atoms with Crippen LogP contribution < -0.4 is 0 Å². The predicted molar refractivity (Wildman–Crippen MR) is 60.6 cm³/mol. The molecule has 0 fully saturated rings. The molecule has 0 N–H and O–H groups in total. The minimum atomic E-state index is -0.0925. The predicted octanol–water partition coefficient (Wildman–Crippen LogP) is 3.44. The fraction of sp³-hybridized carbons (Fsp3) is 0.0909. The third-order valence-corrected chi connectivity index (χ3v) is 2.28. The molecule has 0 unspecified atom stereocenters. The van der Waals surface area contributed by atoms with Crippen LogP contribution in [0.3, 0.4) is 0 Å². The van der Waals surface area contributed by atoms with Crippen LogP contribution in [0.2, 0.25) is 10.0 Å². The van der Waals surface area contributed by atoms with Crippen LogP contribution in [-0.4, -0.2) is 0 Å². The van der Waals surface area contributed by atoms with Gasteiger partial charge in [-0.15, -0.1) is 0 Å². The van der Waals surface area contributed by atoms with E-state index >= 15 is 0 Å². The molecule has 80 valence electrons. The number of rotatable bonds is 3. The number of nitrogens with zero attached hydrogens (tertiary/aromatic N) is 2. The van der Waals surface area contributed by atoms with Crippen molar-refractivity contribution >= 4 is 23.2 Å². The summed E-state index contributed by atoms with van der Waals surface area (Å²) in [6.07, 6.45) is 1.10. The molecule has 0 radical (unpaired) electrons. The van der Waals surface area contributed by atoms with Crippen LogP contribution >= 0.6 is 23.2 Å². The van der Waals surface area contributed by atoms with E-state index < -0.39 is 0 Å². The molecule has 5 heteroatoms. The average molecular weight is 253 g/mol. The molecule has 0 amide bonds. The Bertz CT molecular complexity index is 482. The van der Waals surface area contributed by atoms with Crippen LogP contribution in [0.5, 0.6) is 0 Å². The Morgan fingerprint density at radius 2 is 2.00 bits per heavy atom. The van der Waals surface area contributed by atoms with Crippen molar-refractivity contribution in [2.45, 2.75) is 6.61 Å². The zero-order valence-corrected chi connectivity index (χ0v) is 9.59. The van der Waals surface area contributed by atoms with E-state index in [1.165, 1.54) is 0 Å². The van der Waals surface area contributed by atoms with Gasteiger partial charge in [0.1, 0.15) is 25.0 Å². The second-order valence-corrected chi connectivity index (χ2v) is 3.65. The zero-order valence-electron chi connectivity index (χ0n) is 8.08. The van der Waals surface area contributed by atoms with Crippen molar-refractivity contribution in [1.29, 1.82) is 10.5 Å². The summed E-state index contributed by atoms with van der Waals surface area (Å²) in [5.74, 6) is 0. The van der Waals surface area contributed by atoms with E-state index in [9.17, 15) is 0 Å². The first-order valence-electron chi connectivity index (χ1n) is 4.23. The summed E-state index contributed by atoms with van der Waals surface area (Å²) in [6.45, 7) is 0.183. The summed E-state index contributed by atoms with van der Waals surface area (Å²) >= 11 is 11.6. The van der Waals surface area contributed by atoms with Gasteiger partial charge in [0.2, 0.25) is 0 Å². The van der Waals surface area contributed by atoms with E-state index in [0.29, 0.717) is 10.0 Å². The van der Waals surface area contributed by atoms with Gasteiger partial charge in [-0.05, 0) is 12.1 Å². The highest BCUT2D eigenvalue weighted by molar-refractivity contribution is 6.35. The second kappa shape index (κ2) is 6.02. The molecule has 0 atom stereocenters. The largest absolute Gasteiger partial charge is 0.494 e. The smallest absolute Gasteiger partial charge is 0.164 e. The maximum Gasteiger partial charge on any atom is 0.164 e. The molecule has 0 aliphatic rings. The SMILES string of the molecule is N#CC(C#N)=COCc1ccc(Cl)cc1Cl. The van der Waals surface area contributed by atoms with Crippen molar-refractivity contribution in [3.63, 3.8) is 0 Å². The summed E-state index contributed by atoms with van der Waals surface area (Å²) < 4.78 is 5.05. The standard InChI is InChI=1S/C11H6Cl2N2O/c12-10-2-1-9(11(13)3-10)7-16-6-8(4-14)5-15/h1-3,6H,7H2. The highest BCUT2D eigenvalue weighted by Gasteiger charge is 2.01. The minimum absolute atomic E-state index is 0.0925. The first-order chi connectivity index (χ1) is 7.67. The Labute approximate surface area is 103 Å². The second-order valence-electron chi connectivity index (χ2n) is 2.80. The molecular weight excluding hydrogens is 247 g/mol. The molecule has 0 spiro atoms. The first-order valence-corrected chi connectivity index (χ1v) is 4.99. The van der Waals surface area contributed by atoms with E-state index in [-0.39, 0.29) is 12.2 Å². The fourth-order valence-electron chi connectivity index (χ4n) is 0.931. The van der Waals surface area contributed by atoms with Gasteiger partial charge < -0.3 is 4.74 Å². The Kier molecular flexibility index (Phi) is 4.66. The summed E-state index contributed by atoms with van der Waals surface area (Å²) in [4.78, 5) is 0. The molecule has 0 aliphatic heterocycles. The van der Waals surface area contributed by atoms with Gasteiger partial charge in [0, 0.05) is 15.6 Å². The van der Waals surface area contributed by atoms with Crippen LogP contribution in [0.25, 0.3) is 0 Å². The molecule has 0 saturated heterocycles. The highest BCUT2D eigenvalue weighted by Crippen LogP contribution is 2.21. The molecule has 0 aliphatic carbocycles. The van der Waals surface area contributed by atoms with Crippen molar-refractivity contribution < 1.29 is 4.74 Å². The van der Waals surface area contributed by atoms with Crippen LogP contribution in [0.4, 0.5) is 0 Å². The quantitative estimate of drug-likeness (QED) is 0.612. The Balaban J connectivity index is 2.67. The maximum atomic E-state index is 8.45. The normalized spacial score (nSPS) is 8.75. The van der Waals surface area contributed by atoms with Crippen molar-refractivity contribution in [1.82, 2.24) is 0 Å². The molecular formula is C11H6Cl2N2O. The van der Waals surface area contributed by atoms with Gasteiger partial charge in [-0.2, -0.15) is 10.5 Å². The number of hydrogen-bond acceptors (Lipinski definition) is 3. The third kappa shape index (κ3) is 3.47. The van der Waals surface area contributed by atoms with E-state index in [4.69, 9.17) is 38.5 Å². The lowest BCUT2D eigenvalue weighted by Gasteiger charge is -2.03. The summed E-state index contributed by atoms with van der Waals surface area (Å²) in [7, 11) is 0. The maximum absolute atomic E-state index is 8.45. The number of nitriles is 2. The van der Waals surface area contributed by atoms with Gasteiger partial charge in [-0.1, -0.05) is 29.3 Å². The van der Waals surface area contributed by atoms with E-state index in [2.05, 4.69) is 0 Å². The van der Waals surface area contributed by atoms with Gasteiger partial charge in [-0.25, -0.2) is 0 Å². The topological polar surface area (TPSA) is 56.8 Å². The van der Waals surface area contributed by atoms with Crippen molar-refractivity contribution in [2.24, 2.45) is 0 Å². The first kappa shape index (κ1) is 12.4. The molecule has 0 heterocycles. The van der Waals surface area contributed by atoms with E-state index in [0.717, 1.165) is 11.8 Å². The van der Waals surface area contributed by atoms with Crippen molar-refractivity contribution in [3.05, 3.63) is 45.6 Å². The van der Waals surface area contributed by atoms with Gasteiger partial charge in [0.05, 0.1) is 0 Å². The van der Waals surface area contributed by atoms with Crippen LogP contribution in [0.15, 0.2) is 30.0 Å². The van der Waals surface area contributed by atoms with E-state index in [1.807, 2.05) is 0 Å². The number of hydrogen-bond donors (Lipinski definition) is 0. The lowest BCUT2D eigenvalue weighted by Crippen LogP contribution is -1.89. The molecule has 3 nitrogen and oxygen atoms in total. The van der Waals surface area contributed by atoms with Crippen molar-refractivity contribution in [2.75, 3.05) is 0 Å². The molecule has 16 heavy (non-hydrogen) atoms. The van der Waals surface area contributed by atoms with Gasteiger partial charge >= 0.3 is 0 Å². The minimum Gasteiger partial charge on any atom is -0.494 e. The van der Waals surface area contributed by atoms with Gasteiger partial charge in [0.25, 0.3) is 0 Å². The average Bonchev–Trinajstić information content (AvgIpc) is 2.27. The fourth-order valence-corrected chi connectivity index (χ4v) is 1.39. The summed E-state index contributed by atoms with van der Waals surface area (Å²) in [6, 6.07) is 8.37. The third-order valence-electron chi connectivity index (χ3n) is 1.70. The summed E-state index contributed by atoms with van der Waals surface area (Å²) in [5, 5.41) is 17.9. The van der Waals surface area contributed by atoms with Gasteiger partial charge in [0.15, 0.2) is 5.57 Å². The lowest BCUT2D eigenvalue weighted by molar-refractivity contribution is 0.235. The molecule has 0 saturated carbocycles. The zero-order chi connectivity index (χ0) is 12.0. The molecule has 0 aromatic heterocycles. The molecule has 1 aromatic carbocycles. The Hall–Kier alpha value is -1.68. The molecule has 1 rings (SSSR count). The highest BCUT2D eigenvalue weighted by atomic mass is 35.5. The van der Waals surface area contributed by atoms with Crippen molar-refractivity contribution in [3.8, 4) is 12.1 Å². The van der Waals surface area contributed by atoms with E-state index in [1.54, 1.807) is 30.3 Å².